The Kier molecular flexibility index (Phi) is 6.40. The van der Waals surface area contributed by atoms with E-state index in [0.717, 1.165) is 5.69 Å². The van der Waals surface area contributed by atoms with Crippen molar-refractivity contribution in [1.82, 2.24) is 15.6 Å². The van der Waals surface area contributed by atoms with Crippen molar-refractivity contribution >= 4 is 34.0 Å². The van der Waals surface area contributed by atoms with E-state index < -0.39 is 11.9 Å². The second-order valence-electron chi connectivity index (χ2n) is 5.91. The molecule has 1 aromatic heterocycles. The molecule has 3 aromatic rings. The number of carbonyl (C=O) groups is 2. The van der Waals surface area contributed by atoms with Crippen LogP contribution in [0, 0.1) is 6.92 Å². The van der Waals surface area contributed by atoms with Crippen LogP contribution in [-0.4, -0.2) is 35.4 Å². The van der Waals surface area contributed by atoms with Gasteiger partial charge in [-0.25, -0.2) is 10.2 Å². The summed E-state index contributed by atoms with van der Waals surface area (Å²) in [4.78, 5) is 24.3. The van der Waals surface area contributed by atoms with Gasteiger partial charge in [-0.2, -0.15) is 10.2 Å². The summed E-state index contributed by atoms with van der Waals surface area (Å²) in [6.07, 6.45) is 1.44. The van der Waals surface area contributed by atoms with Gasteiger partial charge in [0.1, 0.15) is 0 Å². The number of aromatic nitrogens is 2. The number of nitrogens with zero attached hydrogens (tertiary/aromatic N) is 2. The molecule has 8 nitrogen and oxygen atoms in total. The number of halogens is 1. The topological polar surface area (TPSA) is 106 Å². The molecule has 0 aliphatic heterocycles. The Morgan fingerprint density at radius 1 is 1.17 bits per heavy atom. The van der Waals surface area contributed by atoms with E-state index in [9.17, 15) is 9.59 Å². The SMILES string of the molecule is COc1cc(/C=N/NC(=O)c2cc(C)[nH]n2)ccc1OC(=O)c1ccccc1Br. The molecule has 0 saturated heterocycles. The summed E-state index contributed by atoms with van der Waals surface area (Å²) in [5.41, 5.74) is 4.45. The van der Waals surface area contributed by atoms with Crippen LogP contribution in [0.4, 0.5) is 0 Å². The summed E-state index contributed by atoms with van der Waals surface area (Å²) in [7, 11) is 1.47. The Morgan fingerprint density at radius 3 is 2.66 bits per heavy atom. The molecule has 0 saturated carbocycles. The summed E-state index contributed by atoms with van der Waals surface area (Å²) in [5, 5.41) is 10.4. The predicted octanol–water partition coefficient (Wildman–Crippen LogP) is 3.47. The lowest BCUT2D eigenvalue weighted by molar-refractivity contribution is 0.0728. The minimum atomic E-state index is -0.515. The highest BCUT2D eigenvalue weighted by molar-refractivity contribution is 9.10. The number of aryl methyl sites for hydroxylation is 1. The van der Waals surface area contributed by atoms with Crippen LogP contribution in [0.15, 0.2) is 58.1 Å². The van der Waals surface area contributed by atoms with Crippen LogP contribution in [0.25, 0.3) is 0 Å². The number of amides is 1. The van der Waals surface area contributed by atoms with Crippen LogP contribution in [0.2, 0.25) is 0 Å². The Balaban J connectivity index is 1.69. The number of H-pyrrole nitrogens is 1. The number of aromatic amines is 1. The summed E-state index contributed by atoms with van der Waals surface area (Å²) >= 11 is 3.33. The summed E-state index contributed by atoms with van der Waals surface area (Å²) in [5.74, 6) is -0.333. The zero-order chi connectivity index (χ0) is 20.8. The van der Waals surface area contributed by atoms with Crippen LogP contribution in [0.3, 0.4) is 0 Å². The highest BCUT2D eigenvalue weighted by Crippen LogP contribution is 2.29. The largest absolute Gasteiger partial charge is 0.493 e. The number of nitrogens with one attached hydrogen (secondary N) is 2. The van der Waals surface area contributed by atoms with Crippen molar-refractivity contribution in [3.8, 4) is 11.5 Å². The molecule has 0 fully saturated rings. The molecule has 0 aliphatic rings. The number of benzene rings is 2. The second-order valence-corrected chi connectivity index (χ2v) is 6.77. The maximum atomic E-state index is 12.4. The van der Waals surface area contributed by atoms with Crippen LogP contribution >= 0.6 is 15.9 Å². The van der Waals surface area contributed by atoms with Crippen molar-refractivity contribution < 1.29 is 19.1 Å². The van der Waals surface area contributed by atoms with E-state index in [2.05, 4.69) is 36.7 Å². The second kappa shape index (κ2) is 9.16. The predicted molar refractivity (Wildman–Crippen MR) is 110 cm³/mol. The molecule has 0 radical (unpaired) electrons. The molecule has 2 aromatic carbocycles. The van der Waals surface area contributed by atoms with E-state index in [1.54, 1.807) is 49.4 Å². The van der Waals surface area contributed by atoms with Crippen LogP contribution in [0.5, 0.6) is 11.5 Å². The Labute approximate surface area is 175 Å². The molecule has 0 bridgehead atoms. The molecule has 0 atom stereocenters. The Morgan fingerprint density at radius 2 is 1.97 bits per heavy atom. The molecule has 1 amide bonds. The van der Waals surface area contributed by atoms with Crippen molar-refractivity contribution in [3.63, 3.8) is 0 Å². The highest BCUT2D eigenvalue weighted by Gasteiger charge is 2.15. The molecule has 0 spiro atoms. The molecular weight excluding hydrogens is 440 g/mol. The summed E-state index contributed by atoms with van der Waals surface area (Å²) in [6, 6.07) is 13.5. The monoisotopic (exact) mass is 456 g/mol. The number of methoxy groups -OCH3 is 1. The number of hydrazone groups is 1. The first-order chi connectivity index (χ1) is 14.0. The highest BCUT2D eigenvalue weighted by atomic mass is 79.9. The van der Waals surface area contributed by atoms with E-state index in [1.807, 2.05) is 6.07 Å². The maximum absolute atomic E-state index is 12.4. The first kappa shape index (κ1) is 20.3. The number of carbonyl (C=O) groups excluding carboxylic acids is 2. The molecule has 0 aliphatic carbocycles. The van der Waals surface area contributed by atoms with Crippen molar-refractivity contribution in [2.24, 2.45) is 5.10 Å². The van der Waals surface area contributed by atoms with Crippen LogP contribution in [-0.2, 0) is 0 Å². The molecule has 9 heteroatoms. The third-order valence-electron chi connectivity index (χ3n) is 3.80. The van der Waals surface area contributed by atoms with Gasteiger partial charge in [0.2, 0.25) is 0 Å². The minimum absolute atomic E-state index is 0.242. The van der Waals surface area contributed by atoms with E-state index in [0.29, 0.717) is 21.3 Å². The number of hydrogen-bond acceptors (Lipinski definition) is 6. The van der Waals surface area contributed by atoms with E-state index in [-0.39, 0.29) is 11.4 Å². The van der Waals surface area contributed by atoms with Gasteiger partial charge in [0.15, 0.2) is 17.2 Å². The smallest absolute Gasteiger partial charge is 0.344 e. The number of ether oxygens (including phenoxy) is 2. The van der Waals surface area contributed by atoms with Crippen molar-refractivity contribution in [1.29, 1.82) is 0 Å². The molecule has 3 rings (SSSR count). The van der Waals surface area contributed by atoms with E-state index in [4.69, 9.17) is 9.47 Å². The van der Waals surface area contributed by atoms with Crippen molar-refractivity contribution in [2.75, 3.05) is 7.11 Å². The fourth-order valence-corrected chi connectivity index (χ4v) is 2.83. The number of rotatable bonds is 6. The molecule has 148 valence electrons. The minimum Gasteiger partial charge on any atom is -0.493 e. The van der Waals surface area contributed by atoms with Crippen LogP contribution < -0.4 is 14.9 Å². The zero-order valence-corrected chi connectivity index (χ0v) is 17.2. The normalized spacial score (nSPS) is 10.7. The molecule has 0 unspecified atom stereocenters. The Bertz CT molecular complexity index is 1080. The average Bonchev–Trinajstić information content (AvgIpc) is 3.15. The van der Waals surface area contributed by atoms with Gasteiger partial charge in [0.25, 0.3) is 5.91 Å². The maximum Gasteiger partial charge on any atom is 0.344 e. The van der Waals surface area contributed by atoms with Gasteiger partial charge >= 0.3 is 5.97 Å². The number of hydrogen-bond donors (Lipinski definition) is 2. The van der Waals surface area contributed by atoms with Gasteiger partial charge in [-0.05, 0) is 64.8 Å². The average molecular weight is 457 g/mol. The zero-order valence-electron chi connectivity index (χ0n) is 15.6. The summed E-state index contributed by atoms with van der Waals surface area (Å²) < 4.78 is 11.4. The standard InChI is InChI=1S/C20H17BrN4O4/c1-12-9-16(24-23-12)19(26)25-22-11-13-7-8-17(18(10-13)28-2)29-20(27)14-5-3-4-6-15(14)21/h3-11H,1-2H3,(H,23,24)(H,25,26)/b22-11+. The van der Waals surface area contributed by atoms with Gasteiger partial charge in [0.05, 0.1) is 18.9 Å². The molecule has 1 heterocycles. The Hall–Kier alpha value is -3.46. The van der Waals surface area contributed by atoms with Crippen molar-refractivity contribution in [2.45, 2.75) is 6.92 Å². The van der Waals surface area contributed by atoms with E-state index >= 15 is 0 Å². The van der Waals surface area contributed by atoms with Crippen LogP contribution in [0.1, 0.15) is 32.1 Å². The fourth-order valence-electron chi connectivity index (χ4n) is 2.39. The lowest BCUT2D eigenvalue weighted by Crippen LogP contribution is -2.18. The van der Waals surface area contributed by atoms with E-state index in [1.165, 1.54) is 13.3 Å². The fraction of sp³-hybridized carbons (Fsp3) is 0.100. The summed E-state index contributed by atoms with van der Waals surface area (Å²) in [6.45, 7) is 1.80. The first-order valence-corrected chi connectivity index (χ1v) is 9.27. The van der Waals surface area contributed by atoms with Gasteiger partial charge < -0.3 is 9.47 Å². The van der Waals surface area contributed by atoms with Gasteiger partial charge in [-0.3, -0.25) is 9.89 Å². The number of esters is 1. The van der Waals surface area contributed by atoms with Gasteiger partial charge in [-0.15, -0.1) is 0 Å². The van der Waals surface area contributed by atoms with Crippen molar-refractivity contribution in [3.05, 3.63) is 75.5 Å². The lowest BCUT2D eigenvalue weighted by Gasteiger charge is -2.10. The third kappa shape index (κ3) is 5.08. The first-order valence-electron chi connectivity index (χ1n) is 8.48. The third-order valence-corrected chi connectivity index (χ3v) is 4.49. The molecule has 2 N–H and O–H groups in total. The van der Waals surface area contributed by atoms with Gasteiger partial charge in [-0.1, -0.05) is 12.1 Å². The van der Waals surface area contributed by atoms with Gasteiger partial charge in [0, 0.05) is 10.2 Å². The molecular formula is C20H17BrN4O4. The lowest BCUT2D eigenvalue weighted by atomic mass is 10.2. The molecule has 29 heavy (non-hydrogen) atoms. The quantitative estimate of drug-likeness (QED) is 0.255.